The average molecular weight is 702 g/mol. The van der Waals surface area contributed by atoms with Crippen molar-refractivity contribution in [2.75, 3.05) is 0 Å². The van der Waals surface area contributed by atoms with E-state index < -0.39 is 0 Å². The summed E-state index contributed by atoms with van der Waals surface area (Å²) in [7, 11) is 0. The summed E-state index contributed by atoms with van der Waals surface area (Å²) in [5.74, 6) is 1.80. The molecule has 0 radical (unpaired) electrons. The number of fused-ring (bicyclic) bond motifs is 6. The van der Waals surface area contributed by atoms with Crippen molar-refractivity contribution in [3.8, 4) is 56.4 Å². The van der Waals surface area contributed by atoms with E-state index in [4.69, 9.17) is 19.4 Å². The molecule has 0 aliphatic heterocycles. The molecule has 11 rings (SSSR count). The van der Waals surface area contributed by atoms with Crippen LogP contribution in [0.5, 0.6) is 0 Å². The van der Waals surface area contributed by atoms with Crippen LogP contribution in [0.4, 0.5) is 0 Å². The van der Waals surface area contributed by atoms with Gasteiger partial charge in [0.15, 0.2) is 17.5 Å². The van der Waals surface area contributed by atoms with Crippen molar-refractivity contribution >= 4 is 54.3 Å². The normalized spacial score (nSPS) is 11.6. The molecule has 256 valence electrons. The topological polar surface area (TPSA) is 51.8 Å². The van der Waals surface area contributed by atoms with Crippen LogP contribution in [0.25, 0.3) is 111 Å². The Morgan fingerprint density at radius 3 is 1.65 bits per heavy atom. The molecule has 0 saturated heterocycles. The lowest BCUT2D eigenvalue weighted by Crippen LogP contribution is -2.01. The molecule has 0 saturated carbocycles. The van der Waals surface area contributed by atoms with E-state index in [9.17, 15) is 0 Å². The first kappa shape index (κ1) is 31.1. The van der Waals surface area contributed by atoms with E-state index in [1.165, 1.54) is 0 Å². The molecule has 4 heteroatoms. The monoisotopic (exact) mass is 701 g/mol. The maximum absolute atomic E-state index is 6.84. The summed E-state index contributed by atoms with van der Waals surface area (Å²) in [6, 6.07) is 65.7. The van der Waals surface area contributed by atoms with Gasteiger partial charge in [0.05, 0.1) is 0 Å². The second-order valence-corrected chi connectivity index (χ2v) is 14.0. The Kier molecular flexibility index (Phi) is 7.14. The van der Waals surface area contributed by atoms with Crippen molar-refractivity contribution in [1.29, 1.82) is 0 Å². The van der Waals surface area contributed by atoms with Crippen LogP contribution in [-0.2, 0) is 0 Å². The maximum Gasteiger partial charge on any atom is 0.164 e. The third-order valence-corrected chi connectivity index (χ3v) is 10.7. The number of rotatable bonds is 5. The lowest BCUT2D eigenvalue weighted by Gasteiger charge is -2.14. The van der Waals surface area contributed by atoms with Crippen LogP contribution in [0.2, 0.25) is 0 Å². The van der Waals surface area contributed by atoms with Crippen molar-refractivity contribution in [1.82, 2.24) is 15.0 Å². The molecule has 2 aromatic heterocycles. The van der Waals surface area contributed by atoms with Gasteiger partial charge in [0.2, 0.25) is 0 Å². The average Bonchev–Trinajstić information content (AvgIpc) is 3.63. The van der Waals surface area contributed by atoms with Gasteiger partial charge in [-0.15, -0.1) is 0 Å². The second kappa shape index (κ2) is 12.6. The van der Waals surface area contributed by atoms with Gasteiger partial charge in [-0.3, -0.25) is 0 Å². The van der Waals surface area contributed by atoms with Crippen molar-refractivity contribution in [3.63, 3.8) is 0 Å². The quantitative estimate of drug-likeness (QED) is 0.179. The fourth-order valence-electron chi connectivity index (χ4n) is 8.06. The van der Waals surface area contributed by atoms with Crippen molar-refractivity contribution in [2.45, 2.75) is 0 Å². The Balaban J connectivity index is 1.22. The fourth-order valence-corrected chi connectivity index (χ4v) is 8.06. The summed E-state index contributed by atoms with van der Waals surface area (Å²) in [5, 5.41) is 8.85. The summed E-state index contributed by atoms with van der Waals surface area (Å²) >= 11 is 0. The lowest BCUT2D eigenvalue weighted by atomic mass is 9.94. The Hall–Kier alpha value is -7.43. The smallest absolute Gasteiger partial charge is 0.164 e. The summed E-state index contributed by atoms with van der Waals surface area (Å²) in [4.78, 5) is 15.9. The molecule has 0 aliphatic carbocycles. The minimum Gasteiger partial charge on any atom is -0.455 e. The zero-order chi connectivity index (χ0) is 36.3. The molecule has 55 heavy (non-hydrogen) atoms. The van der Waals surface area contributed by atoms with E-state index in [2.05, 4.69) is 164 Å². The highest BCUT2D eigenvalue weighted by molar-refractivity contribution is 6.21. The van der Waals surface area contributed by atoms with Gasteiger partial charge in [-0.1, -0.05) is 158 Å². The van der Waals surface area contributed by atoms with E-state index >= 15 is 0 Å². The highest BCUT2D eigenvalue weighted by atomic mass is 16.3. The molecule has 0 N–H and O–H groups in total. The minimum absolute atomic E-state index is 0.586. The Bertz CT molecular complexity index is 3260. The van der Waals surface area contributed by atoms with Gasteiger partial charge < -0.3 is 4.42 Å². The van der Waals surface area contributed by atoms with Gasteiger partial charge in [-0.05, 0) is 79.3 Å². The van der Waals surface area contributed by atoms with Crippen LogP contribution >= 0.6 is 0 Å². The van der Waals surface area contributed by atoms with Crippen LogP contribution in [0, 0.1) is 0 Å². The van der Waals surface area contributed by atoms with E-state index in [1.807, 2.05) is 24.3 Å². The molecule has 0 spiro atoms. The molecule has 9 aromatic carbocycles. The van der Waals surface area contributed by atoms with Gasteiger partial charge in [0.25, 0.3) is 0 Å². The van der Waals surface area contributed by atoms with E-state index in [0.29, 0.717) is 17.5 Å². The Labute approximate surface area is 317 Å². The molecular formula is C51H31N3O. The second-order valence-electron chi connectivity index (χ2n) is 14.0. The van der Waals surface area contributed by atoms with E-state index in [1.54, 1.807) is 0 Å². The molecule has 0 unspecified atom stereocenters. The van der Waals surface area contributed by atoms with Gasteiger partial charge in [-0.2, -0.15) is 0 Å². The van der Waals surface area contributed by atoms with E-state index in [0.717, 1.165) is 93.2 Å². The Morgan fingerprint density at radius 2 is 0.909 bits per heavy atom. The standard InChI is InChI=1S/C51H31N3O/c1-3-15-33(16-4-1)42-29-36-20-9-10-21-37(36)30-43(42)51-53-49(39-27-26-32-14-7-8-19-35(32)28-39)52-50(54-51)41-24-13-25-45-47(41)44-31-38-22-11-12-23-40(38)46(48(44)55-45)34-17-5-2-6-18-34/h1-31H. The van der Waals surface area contributed by atoms with Crippen LogP contribution in [0.15, 0.2) is 192 Å². The van der Waals surface area contributed by atoms with Crippen molar-refractivity contribution in [2.24, 2.45) is 0 Å². The predicted molar refractivity (Wildman–Crippen MR) is 227 cm³/mol. The summed E-state index contributed by atoms with van der Waals surface area (Å²) in [6.45, 7) is 0. The molecule has 0 aliphatic rings. The number of aromatic nitrogens is 3. The van der Waals surface area contributed by atoms with Gasteiger partial charge >= 0.3 is 0 Å². The highest BCUT2D eigenvalue weighted by Gasteiger charge is 2.22. The number of benzene rings is 9. The molecule has 11 aromatic rings. The van der Waals surface area contributed by atoms with Gasteiger partial charge in [0.1, 0.15) is 11.2 Å². The molecule has 0 amide bonds. The Morgan fingerprint density at radius 1 is 0.327 bits per heavy atom. The maximum atomic E-state index is 6.84. The first-order chi connectivity index (χ1) is 27.2. The van der Waals surface area contributed by atoms with Crippen molar-refractivity contribution < 1.29 is 4.42 Å². The number of nitrogens with zero attached hydrogens (tertiary/aromatic N) is 3. The predicted octanol–water partition coefficient (Wildman–Crippen LogP) is 13.6. The molecule has 0 fully saturated rings. The third kappa shape index (κ3) is 5.26. The molecular weight excluding hydrogens is 671 g/mol. The first-order valence-corrected chi connectivity index (χ1v) is 18.5. The fraction of sp³-hybridized carbons (Fsp3) is 0. The summed E-state index contributed by atoms with van der Waals surface area (Å²) in [5.41, 5.74) is 8.72. The first-order valence-electron chi connectivity index (χ1n) is 18.5. The molecule has 4 nitrogen and oxygen atoms in total. The molecule has 2 heterocycles. The van der Waals surface area contributed by atoms with Crippen LogP contribution in [-0.4, -0.2) is 15.0 Å². The van der Waals surface area contributed by atoms with Crippen LogP contribution in [0.1, 0.15) is 0 Å². The number of hydrogen-bond acceptors (Lipinski definition) is 4. The van der Waals surface area contributed by atoms with Crippen LogP contribution in [0.3, 0.4) is 0 Å². The van der Waals surface area contributed by atoms with Gasteiger partial charge in [0, 0.05) is 33.0 Å². The zero-order valence-electron chi connectivity index (χ0n) is 29.6. The largest absolute Gasteiger partial charge is 0.455 e. The van der Waals surface area contributed by atoms with E-state index in [-0.39, 0.29) is 0 Å². The third-order valence-electron chi connectivity index (χ3n) is 10.7. The molecule has 0 bridgehead atoms. The van der Waals surface area contributed by atoms with Crippen molar-refractivity contribution in [3.05, 3.63) is 188 Å². The van der Waals surface area contributed by atoms with Crippen LogP contribution < -0.4 is 0 Å². The SMILES string of the molecule is c1ccc(-c2cc3ccccc3cc2-c2nc(-c3ccc4ccccc4c3)nc(-c3cccc4oc5c(-c6ccccc6)c6ccccc6cc5c34)n2)cc1. The molecule has 0 atom stereocenters. The highest BCUT2D eigenvalue weighted by Crippen LogP contribution is 2.44. The zero-order valence-corrected chi connectivity index (χ0v) is 29.6. The summed E-state index contributed by atoms with van der Waals surface area (Å²) in [6.07, 6.45) is 0. The summed E-state index contributed by atoms with van der Waals surface area (Å²) < 4.78 is 6.84. The van der Waals surface area contributed by atoms with Gasteiger partial charge in [-0.25, -0.2) is 15.0 Å². The number of furan rings is 1. The lowest BCUT2D eigenvalue weighted by molar-refractivity contribution is 0.670. The minimum atomic E-state index is 0.586. The number of hydrogen-bond donors (Lipinski definition) is 0.